The summed E-state index contributed by atoms with van der Waals surface area (Å²) in [7, 11) is 1.74. The number of amides is 1. The van der Waals surface area contributed by atoms with Crippen molar-refractivity contribution in [1.29, 1.82) is 0 Å². The first-order chi connectivity index (χ1) is 10.6. The highest BCUT2D eigenvalue weighted by Crippen LogP contribution is 2.30. The second-order valence-corrected chi connectivity index (χ2v) is 6.04. The van der Waals surface area contributed by atoms with E-state index < -0.39 is 5.60 Å². The average molecular weight is 300 g/mol. The second-order valence-electron chi connectivity index (χ2n) is 6.04. The van der Waals surface area contributed by atoms with Crippen LogP contribution in [-0.4, -0.2) is 40.1 Å². The first kappa shape index (κ1) is 14.8. The van der Waals surface area contributed by atoms with Gasteiger partial charge < -0.3 is 14.4 Å². The summed E-state index contributed by atoms with van der Waals surface area (Å²) in [4.78, 5) is 17.9. The molecule has 1 aromatic heterocycles. The monoisotopic (exact) mass is 300 g/mol. The Labute approximate surface area is 129 Å². The molecule has 1 fully saturated rings. The summed E-state index contributed by atoms with van der Waals surface area (Å²) in [5.74, 6) is 0.595. The fourth-order valence-corrected chi connectivity index (χ4v) is 3.06. The third-order valence-electron chi connectivity index (χ3n) is 4.26. The molecule has 0 saturated heterocycles. The highest BCUT2D eigenvalue weighted by atomic mass is 16.3. The van der Waals surface area contributed by atoms with Gasteiger partial charge in [0.25, 0.3) is 5.91 Å². The molecule has 0 aliphatic heterocycles. The summed E-state index contributed by atoms with van der Waals surface area (Å²) in [6.45, 7) is 0.385. The molecule has 1 aromatic carbocycles. The molecule has 5 heteroatoms. The Hall–Kier alpha value is -2.14. The number of benzene rings is 1. The molecule has 5 nitrogen and oxygen atoms in total. The summed E-state index contributed by atoms with van der Waals surface area (Å²) in [6, 6.07) is 7.22. The molecule has 2 aromatic rings. The van der Waals surface area contributed by atoms with Crippen LogP contribution in [0.1, 0.15) is 36.0 Å². The third-order valence-corrected chi connectivity index (χ3v) is 4.26. The smallest absolute Gasteiger partial charge is 0.253 e. The van der Waals surface area contributed by atoms with Gasteiger partial charge in [0.15, 0.2) is 12.2 Å². The predicted molar refractivity (Wildman–Crippen MR) is 82.3 cm³/mol. The van der Waals surface area contributed by atoms with E-state index in [4.69, 9.17) is 4.42 Å². The van der Waals surface area contributed by atoms with Crippen molar-refractivity contribution in [3.05, 3.63) is 42.4 Å². The Morgan fingerprint density at radius 2 is 2.00 bits per heavy atom. The lowest BCUT2D eigenvalue weighted by molar-refractivity contribution is 0.0157. The molecule has 1 amide bonds. The van der Waals surface area contributed by atoms with Crippen LogP contribution in [0.2, 0.25) is 0 Å². The molecule has 1 saturated carbocycles. The highest BCUT2D eigenvalue weighted by molar-refractivity contribution is 5.94. The van der Waals surface area contributed by atoms with E-state index in [1.165, 1.54) is 6.39 Å². The molecule has 0 spiro atoms. The molecule has 116 valence electrons. The minimum atomic E-state index is -0.718. The van der Waals surface area contributed by atoms with Crippen LogP contribution in [0, 0.1) is 0 Å². The molecular formula is C17H20N2O3. The Balaban J connectivity index is 1.69. The molecule has 3 rings (SSSR count). The maximum Gasteiger partial charge on any atom is 0.253 e. The number of rotatable bonds is 4. The van der Waals surface area contributed by atoms with E-state index in [9.17, 15) is 9.90 Å². The topological polar surface area (TPSA) is 66.6 Å². The van der Waals surface area contributed by atoms with Gasteiger partial charge in [-0.15, -0.1) is 0 Å². The largest absolute Gasteiger partial charge is 0.444 e. The van der Waals surface area contributed by atoms with Crippen LogP contribution in [0.4, 0.5) is 0 Å². The van der Waals surface area contributed by atoms with Gasteiger partial charge in [-0.3, -0.25) is 4.79 Å². The fourth-order valence-electron chi connectivity index (χ4n) is 3.06. The standard InChI is InChI=1S/C17H20N2O3/c1-19(11-17(21)8-2-3-9-17)16(20)14-6-4-13(5-7-14)15-10-18-12-22-15/h4-7,10,12,21H,2-3,8-9,11H2,1H3. The quantitative estimate of drug-likeness (QED) is 0.942. The summed E-state index contributed by atoms with van der Waals surface area (Å²) in [5.41, 5.74) is 0.767. The molecule has 0 unspecified atom stereocenters. The van der Waals surface area contributed by atoms with Gasteiger partial charge in [-0.05, 0) is 25.0 Å². The van der Waals surface area contributed by atoms with Crippen LogP contribution in [-0.2, 0) is 0 Å². The Kier molecular flexibility index (Phi) is 3.98. The number of hydrogen-bond donors (Lipinski definition) is 1. The molecule has 1 aliphatic carbocycles. The number of likely N-dealkylation sites (N-methyl/N-ethyl adjacent to an activating group) is 1. The predicted octanol–water partition coefficient (Wildman–Crippen LogP) is 2.72. The first-order valence-electron chi connectivity index (χ1n) is 7.54. The molecule has 22 heavy (non-hydrogen) atoms. The van der Waals surface area contributed by atoms with E-state index in [0.717, 1.165) is 31.2 Å². The normalized spacial score (nSPS) is 16.6. The van der Waals surface area contributed by atoms with Crippen LogP contribution < -0.4 is 0 Å². The Bertz CT molecular complexity index is 628. The van der Waals surface area contributed by atoms with E-state index in [1.807, 2.05) is 12.1 Å². The van der Waals surface area contributed by atoms with Gasteiger partial charge in [-0.25, -0.2) is 4.98 Å². The van der Waals surface area contributed by atoms with E-state index in [1.54, 1.807) is 30.3 Å². The SMILES string of the molecule is CN(CC1(O)CCCC1)C(=O)c1ccc(-c2cnco2)cc1. The Morgan fingerprint density at radius 1 is 1.32 bits per heavy atom. The first-order valence-corrected chi connectivity index (χ1v) is 7.54. The molecule has 1 aliphatic rings. The zero-order valence-corrected chi connectivity index (χ0v) is 12.7. The van der Waals surface area contributed by atoms with E-state index in [0.29, 0.717) is 17.9 Å². The molecular weight excluding hydrogens is 280 g/mol. The van der Waals surface area contributed by atoms with Gasteiger partial charge in [-0.1, -0.05) is 25.0 Å². The lowest BCUT2D eigenvalue weighted by Crippen LogP contribution is -2.42. The highest BCUT2D eigenvalue weighted by Gasteiger charge is 2.33. The minimum absolute atomic E-state index is 0.0792. The minimum Gasteiger partial charge on any atom is -0.444 e. The van der Waals surface area contributed by atoms with Crippen molar-refractivity contribution in [3.63, 3.8) is 0 Å². The maximum absolute atomic E-state index is 12.5. The number of carbonyl (C=O) groups is 1. The van der Waals surface area contributed by atoms with Gasteiger partial charge >= 0.3 is 0 Å². The van der Waals surface area contributed by atoms with Gasteiger partial charge in [0.2, 0.25) is 0 Å². The lowest BCUT2D eigenvalue weighted by Gasteiger charge is -2.28. The van der Waals surface area contributed by atoms with Crippen LogP contribution in [0.5, 0.6) is 0 Å². The summed E-state index contributed by atoms with van der Waals surface area (Å²) in [6.07, 6.45) is 6.63. The van der Waals surface area contributed by atoms with Crippen molar-refractivity contribution in [2.24, 2.45) is 0 Å². The zero-order valence-electron chi connectivity index (χ0n) is 12.7. The average Bonchev–Trinajstić information content (AvgIpc) is 3.18. The number of aromatic nitrogens is 1. The number of carbonyl (C=O) groups excluding carboxylic acids is 1. The van der Waals surface area contributed by atoms with Crippen molar-refractivity contribution < 1.29 is 14.3 Å². The molecule has 0 atom stereocenters. The van der Waals surface area contributed by atoms with Crippen LogP contribution in [0.25, 0.3) is 11.3 Å². The van der Waals surface area contributed by atoms with Crippen LogP contribution >= 0.6 is 0 Å². The molecule has 1 N–H and O–H groups in total. The van der Waals surface area contributed by atoms with Gasteiger partial charge in [0, 0.05) is 24.7 Å². The van der Waals surface area contributed by atoms with Crippen LogP contribution in [0.15, 0.2) is 41.3 Å². The number of oxazole rings is 1. The van der Waals surface area contributed by atoms with Gasteiger partial charge in [0.1, 0.15) is 0 Å². The number of hydrogen-bond acceptors (Lipinski definition) is 4. The second kappa shape index (κ2) is 5.93. The fraction of sp³-hybridized carbons (Fsp3) is 0.412. The Morgan fingerprint density at radius 3 is 2.59 bits per heavy atom. The van der Waals surface area contributed by atoms with E-state index in [-0.39, 0.29) is 5.91 Å². The van der Waals surface area contributed by atoms with Crippen molar-refractivity contribution in [2.75, 3.05) is 13.6 Å². The molecule has 1 heterocycles. The van der Waals surface area contributed by atoms with Crippen molar-refractivity contribution in [1.82, 2.24) is 9.88 Å². The van der Waals surface area contributed by atoms with Crippen molar-refractivity contribution in [3.8, 4) is 11.3 Å². The number of nitrogens with zero attached hydrogens (tertiary/aromatic N) is 2. The third kappa shape index (κ3) is 3.04. The molecule has 0 radical (unpaired) electrons. The lowest BCUT2D eigenvalue weighted by atomic mass is 10.0. The van der Waals surface area contributed by atoms with E-state index >= 15 is 0 Å². The number of aliphatic hydroxyl groups is 1. The van der Waals surface area contributed by atoms with Crippen LogP contribution in [0.3, 0.4) is 0 Å². The van der Waals surface area contributed by atoms with Crippen molar-refractivity contribution >= 4 is 5.91 Å². The molecule has 0 bridgehead atoms. The summed E-state index contributed by atoms with van der Waals surface area (Å²) >= 11 is 0. The maximum atomic E-state index is 12.5. The summed E-state index contributed by atoms with van der Waals surface area (Å²) in [5, 5.41) is 10.4. The van der Waals surface area contributed by atoms with Crippen molar-refractivity contribution in [2.45, 2.75) is 31.3 Å². The van der Waals surface area contributed by atoms with Gasteiger partial charge in [0.05, 0.1) is 11.8 Å². The van der Waals surface area contributed by atoms with Gasteiger partial charge in [-0.2, -0.15) is 0 Å². The zero-order chi connectivity index (χ0) is 15.6. The van der Waals surface area contributed by atoms with E-state index in [2.05, 4.69) is 4.98 Å². The summed E-state index contributed by atoms with van der Waals surface area (Å²) < 4.78 is 5.23.